The maximum Gasteiger partial charge on any atom is 0.123 e. The first-order valence-corrected chi connectivity index (χ1v) is 4.86. The highest BCUT2D eigenvalue weighted by atomic mass is 19.1. The van der Waals surface area contributed by atoms with Crippen LogP contribution < -0.4 is 5.32 Å². The molecule has 0 radical (unpaired) electrons. The van der Waals surface area contributed by atoms with Gasteiger partial charge in [0.1, 0.15) is 5.82 Å². The van der Waals surface area contributed by atoms with Crippen molar-refractivity contribution in [1.29, 1.82) is 0 Å². The first-order valence-electron chi connectivity index (χ1n) is 4.86. The van der Waals surface area contributed by atoms with Crippen molar-refractivity contribution in [1.82, 2.24) is 5.32 Å². The molecule has 0 amide bonds. The molecule has 0 saturated carbocycles. The van der Waals surface area contributed by atoms with Gasteiger partial charge < -0.3 is 10.1 Å². The van der Waals surface area contributed by atoms with Crippen molar-refractivity contribution in [3.8, 4) is 0 Å². The minimum Gasteiger partial charge on any atom is -0.372 e. The molecule has 1 aliphatic rings. The molecule has 14 heavy (non-hydrogen) atoms. The Morgan fingerprint density at radius 3 is 3.21 bits per heavy atom. The number of nitrogens with one attached hydrogen (secondary N) is 1. The van der Waals surface area contributed by atoms with Crippen molar-refractivity contribution < 1.29 is 9.13 Å². The minimum absolute atomic E-state index is 0.000509. The number of hydrogen-bond acceptors (Lipinski definition) is 2. The summed E-state index contributed by atoms with van der Waals surface area (Å²) < 4.78 is 18.6. The number of likely N-dealkylation sites (N-methyl/N-ethyl adjacent to an activating group) is 1. The van der Waals surface area contributed by atoms with E-state index in [4.69, 9.17) is 4.74 Å². The first kappa shape index (κ1) is 9.62. The number of benzene rings is 1. The Morgan fingerprint density at radius 1 is 1.57 bits per heavy atom. The summed E-state index contributed by atoms with van der Waals surface area (Å²) in [4.78, 5) is 0. The van der Waals surface area contributed by atoms with E-state index in [1.807, 2.05) is 13.1 Å². The van der Waals surface area contributed by atoms with Crippen molar-refractivity contribution >= 4 is 0 Å². The molecular weight excluding hydrogens is 181 g/mol. The van der Waals surface area contributed by atoms with Gasteiger partial charge in [0, 0.05) is 6.54 Å². The second-order valence-electron chi connectivity index (χ2n) is 3.51. The normalized spacial score (nSPS) is 20.6. The standard InChI is InChI=1S/C11H14FNO/c1-13-7-11-10-6-9(12)3-2-8(10)4-5-14-11/h2-3,6,11,13H,4-5,7H2,1H3. The Labute approximate surface area is 83.1 Å². The molecule has 1 aromatic rings. The summed E-state index contributed by atoms with van der Waals surface area (Å²) >= 11 is 0. The summed E-state index contributed by atoms with van der Waals surface area (Å²) in [7, 11) is 1.87. The smallest absolute Gasteiger partial charge is 0.123 e. The molecule has 0 bridgehead atoms. The Morgan fingerprint density at radius 2 is 2.43 bits per heavy atom. The van der Waals surface area contributed by atoms with Gasteiger partial charge in [-0.25, -0.2) is 4.39 Å². The van der Waals surface area contributed by atoms with Crippen molar-refractivity contribution in [2.45, 2.75) is 12.5 Å². The van der Waals surface area contributed by atoms with Crippen molar-refractivity contribution in [3.63, 3.8) is 0 Å². The summed E-state index contributed by atoms with van der Waals surface area (Å²) in [6.07, 6.45) is 0.884. The predicted molar refractivity (Wildman–Crippen MR) is 52.7 cm³/mol. The molecule has 1 unspecified atom stereocenters. The van der Waals surface area contributed by atoms with Crippen molar-refractivity contribution in [2.24, 2.45) is 0 Å². The molecule has 1 N–H and O–H groups in total. The van der Waals surface area contributed by atoms with Gasteiger partial charge >= 0.3 is 0 Å². The van der Waals surface area contributed by atoms with Gasteiger partial charge in [-0.15, -0.1) is 0 Å². The zero-order chi connectivity index (χ0) is 9.97. The Balaban J connectivity index is 2.32. The number of halogens is 1. The first-order chi connectivity index (χ1) is 6.81. The zero-order valence-corrected chi connectivity index (χ0v) is 8.22. The molecule has 76 valence electrons. The van der Waals surface area contributed by atoms with Crippen LogP contribution in [0.15, 0.2) is 18.2 Å². The van der Waals surface area contributed by atoms with E-state index in [-0.39, 0.29) is 11.9 Å². The van der Waals surface area contributed by atoms with Gasteiger partial charge in [-0.05, 0) is 36.7 Å². The van der Waals surface area contributed by atoms with Gasteiger partial charge in [0.2, 0.25) is 0 Å². The lowest BCUT2D eigenvalue weighted by Crippen LogP contribution is -2.25. The Hall–Kier alpha value is -0.930. The highest BCUT2D eigenvalue weighted by Gasteiger charge is 2.20. The van der Waals surface area contributed by atoms with Gasteiger partial charge in [0.25, 0.3) is 0 Å². The van der Waals surface area contributed by atoms with E-state index in [9.17, 15) is 4.39 Å². The Kier molecular flexibility index (Phi) is 2.79. The van der Waals surface area contributed by atoms with Gasteiger partial charge in [-0.3, -0.25) is 0 Å². The summed E-state index contributed by atoms with van der Waals surface area (Å²) in [5, 5.41) is 3.05. The number of fused-ring (bicyclic) bond motifs is 1. The SMILES string of the molecule is CNCC1OCCc2ccc(F)cc21. The molecule has 2 nitrogen and oxygen atoms in total. The maximum atomic E-state index is 13.0. The molecule has 0 fully saturated rings. The second kappa shape index (κ2) is 4.07. The molecule has 1 atom stereocenters. The third kappa shape index (κ3) is 1.79. The van der Waals surface area contributed by atoms with Crippen LogP contribution in [0, 0.1) is 5.82 Å². The highest BCUT2D eigenvalue weighted by Crippen LogP contribution is 2.27. The summed E-state index contributed by atoms with van der Waals surface area (Å²) in [5.74, 6) is -0.185. The zero-order valence-electron chi connectivity index (χ0n) is 8.22. The van der Waals surface area contributed by atoms with Gasteiger partial charge in [0.05, 0.1) is 12.7 Å². The van der Waals surface area contributed by atoms with E-state index in [1.165, 1.54) is 11.6 Å². The molecule has 0 spiro atoms. The fraction of sp³-hybridized carbons (Fsp3) is 0.455. The molecular formula is C11H14FNO. The van der Waals surface area contributed by atoms with Crippen LogP contribution in [0.5, 0.6) is 0 Å². The maximum absolute atomic E-state index is 13.0. The van der Waals surface area contributed by atoms with E-state index in [0.717, 1.165) is 25.1 Å². The quantitative estimate of drug-likeness (QED) is 0.775. The molecule has 1 heterocycles. The summed E-state index contributed by atoms with van der Waals surface area (Å²) in [5.41, 5.74) is 2.20. The highest BCUT2D eigenvalue weighted by molar-refractivity contribution is 5.31. The predicted octanol–water partition coefficient (Wildman–Crippen LogP) is 1.66. The molecule has 0 aliphatic carbocycles. The minimum atomic E-state index is -0.185. The van der Waals surface area contributed by atoms with Crippen LogP contribution in [-0.4, -0.2) is 20.2 Å². The second-order valence-corrected chi connectivity index (χ2v) is 3.51. The van der Waals surface area contributed by atoms with Crippen LogP contribution in [0.1, 0.15) is 17.2 Å². The van der Waals surface area contributed by atoms with Crippen LogP contribution in [0.25, 0.3) is 0 Å². The van der Waals surface area contributed by atoms with E-state index < -0.39 is 0 Å². The fourth-order valence-corrected chi connectivity index (χ4v) is 1.85. The van der Waals surface area contributed by atoms with Crippen LogP contribution in [-0.2, 0) is 11.2 Å². The van der Waals surface area contributed by atoms with Crippen LogP contribution in [0.4, 0.5) is 4.39 Å². The third-order valence-corrected chi connectivity index (χ3v) is 2.53. The molecule has 1 aliphatic heterocycles. The van der Waals surface area contributed by atoms with Gasteiger partial charge in [0.15, 0.2) is 0 Å². The van der Waals surface area contributed by atoms with Crippen molar-refractivity contribution in [3.05, 3.63) is 35.1 Å². The molecule has 2 rings (SSSR count). The molecule has 0 aromatic heterocycles. The lowest BCUT2D eigenvalue weighted by Gasteiger charge is -2.25. The topological polar surface area (TPSA) is 21.3 Å². The molecule has 1 aromatic carbocycles. The van der Waals surface area contributed by atoms with Crippen LogP contribution in [0.3, 0.4) is 0 Å². The Bertz CT molecular complexity index is 327. The lowest BCUT2D eigenvalue weighted by atomic mass is 9.97. The lowest BCUT2D eigenvalue weighted by molar-refractivity contribution is 0.0436. The van der Waals surface area contributed by atoms with E-state index in [0.29, 0.717) is 0 Å². The fourth-order valence-electron chi connectivity index (χ4n) is 1.85. The monoisotopic (exact) mass is 195 g/mol. The molecule has 0 saturated heterocycles. The van der Waals surface area contributed by atoms with Crippen LogP contribution in [0.2, 0.25) is 0 Å². The average molecular weight is 195 g/mol. The number of rotatable bonds is 2. The summed E-state index contributed by atoms with van der Waals surface area (Å²) in [6.45, 7) is 1.46. The van der Waals surface area contributed by atoms with Crippen molar-refractivity contribution in [2.75, 3.05) is 20.2 Å². The van der Waals surface area contributed by atoms with E-state index in [2.05, 4.69) is 5.32 Å². The largest absolute Gasteiger partial charge is 0.372 e. The average Bonchev–Trinajstić information content (AvgIpc) is 2.19. The van der Waals surface area contributed by atoms with Gasteiger partial charge in [-0.1, -0.05) is 6.07 Å². The number of ether oxygens (including phenoxy) is 1. The summed E-state index contributed by atoms with van der Waals surface area (Å²) in [6, 6.07) is 4.95. The third-order valence-electron chi connectivity index (χ3n) is 2.53. The van der Waals surface area contributed by atoms with E-state index in [1.54, 1.807) is 6.07 Å². The molecule has 3 heteroatoms. The van der Waals surface area contributed by atoms with Crippen LogP contribution >= 0.6 is 0 Å². The van der Waals surface area contributed by atoms with E-state index >= 15 is 0 Å². The number of hydrogen-bond donors (Lipinski definition) is 1. The van der Waals surface area contributed by atoms with Gasteiger partial charge in [-0.2, -0.15) is 0 Å².